The largest absolute Gasteiger partial charge is 0.469 e. The second kappa shape index (κ2) is 3.35. The average Bonchev–Trinajstić information content (AvgIpc) is 1.65. The molecular formula is C4H5F2O2. The van der Waals surface area contributed by atoms with E-state index in [-0.39, 0.29) is 0 Å². The van der Waals surface area contributed by atoms with Crippen molar-refractivity contribution in [2.45, 2.75) is 6.42 Å². The Labute approximate surface area is 45.4 Å². The van der Waals surface area contributed by atoms with Crippen molar-refractivity contribution in [3.05, 3.63) is 6.43 Å². The van der Waals surface area contributed by atoms with Crippen LogP contribution in [0.15, 0.2) is 0 Å². The molecule has 0 N–H and O–H groups in total. The minimum atomic E-state index is -1.92. The topological polar surface area (TPSA) is 26.3 Å². The summed E-state index contributed by atoms with van der Waals surface area (Å²) in [7, 11) is 1.06. The number of carbonyl (C=O) groups is 1. The number of carbonyl (C=O) groups excluding carboxylic acids is 1. The van der Waals surface area contributed by atoms with Crippen LogP contribution in [0.3, 0.4) is 0 Å². The summed E-state index contributed by atoms with van der Waals surface area (Å²) in [4.78, 5) is 9.90. The summed E-state index contributed by atoms with van der Waals surface area (Å²) in [5, 5.41) is 0. The van der Waals surface area contributed by atoms with Crippen molar-refractivity contribution in [1.82, 2.24) is 0 Å². The van der Waals surface area contributed by atoms with Crippen LogP contribution in [0.5, 0.6) is 0 Å². The first-order chi connectivity index (χ1) is 3.66. The number of esters is 1. The lowest BCUT2D eigenvalue weighted by Crippen LogP contribution is -2.01. The molecule has 2 nitrogen and oxygen atoms in total. The Hall–Kier alpha value is -0.670. The van der Waals surface area contributed by atoms with Gasteiger partial charge in [0.25, 0.3) is 0 Å². The molecule has 0 aliphatic carbocycles. The molecule has 0 aliphatic heterocycles. The number of rotatable bonds is 2. The highest BCUT2D eigenvalue weighted by atomic mass is 19.3. The standard InChI is InChI=1S/C4H5F2O2/c1-8-4(7)2-3(5)6/h2H2,1H3. The molecule has 0 atom stereocenters. The summed E-state index contributed by atoms with van der Waals surface area (Å²) >= 11 is 0. The van der Waals surface area contributed by atoms with E-state index in [4.69, 9.17) is 0 Å². The molecule has 0 saturated carbocycles. The minimum absolute atomic E-state index is 0.892. The van der Waals surface area contributed by atoms with Gasteiger partial charge in [-0.15, -0.1) is 0 Å². The Morgan fingerprint density at radius 3 is 2.25 bits per heavy atom. The normalized spacial score (nSPS) is 9.50. The van der Waals surface area contributed by atoms with Crippen LogP contribution in [-0.2, 0) is 9.53 Å². The fraction of sp³-hybridized carbons (Fsp3) is 0.500. The smallest absolute Gasteiger partial charge is 0.321 e. The summed E-state index contributed by atoms with van der Waals surface area (Å²) in [6.45, 7) is 0. The Morgan fingerprint density at radius 1 is 1.62 bits per heavy atom. The third-order valence-electron chi connectivity index (χ3n) is 0.506. The van der Waals surface area contributed by atoms with E-state index in [0.29, 0.717) is 0 Å². The van der Waals surface area contributed by atoms with E-state index in [2.05, 4.69) is 4.74 Å². The molecule has 0 aromatic carbocycles. The first kappa shape index (κ1) is 7.33. The van der Waals surface area contributed by atoms with Crippen molar-refractivity contribution in [1.29, 1.82) is 0 Å². The van der Waals surface area contributed by atoms with Crippen LogP contribution in [0, 0.1) is 6.43 Å². The molecule has 0 aliphatic rings. The fourth-order valence-corrected chi connectivity index (χ4v) is 0.181. The number of methoxy groups -OCH3 is 1. The van der Waals surface area contributed by atoms with E-state index in [0.717, 1.165) is 7.11 Å². The van der Waals surface area contributed by atoms with Gasteiger partial charge >= 0.3 is 12.4 Å². The molecule has 0 aromatic rings. The summed E-state index contributed by atoms with van der Waals surface area (Å²) < 4.78 is 26.1. The van der Waals surface area contributed by atoms with Gasteiger partial charge in [0, 0.05) is 0 Å². The second-order valence-corrected chi connectivity index (χ2v) is 1.09. The van der Waals surface area contributed by atoms with Gasteiger partial charge in [0.05, 0.1) is 7.11 Å². The second-order valence-electron chi connectivity index (χ2n) is 1.09. The predicted octanol–water partition coefficient (Wildman–Crippen LogP) is 0.978. The Kier molecular flexibility index (Phi) is 3.07. The molecule has 0 amide bonds. The monoisotopic (exact) mass is 123 g/mol. The quantitative estimate of drug-likeness (QED) is 0.511. The van der Waals surface area contributed by atoms with Gasteiger partial charge in [-0.2, -0.15) is 8.78 Å². The first-order valence-electron chi connectivity index (χ1n) is 1.90. The highest BCUT2D eigenvalue weighted by Gasteiger charge is 2.11. The molecule has 0 unspecified atom stereocenters. The number of ether oxygens (including phenoxy) is 1. The lowest BCUT2D eigenvalue weighted by molar-refractivity contribution is -0.141. The zero-order chi connectivity index (χ0) is 6.57. The van der Waals surface area contributed by atoms with Crippen LogP contribution in [0.1, 0.15) is 6.42 Å². The van der Waals surface area contributed by atoms with Gasteiger partial charge in [-0.3, -0.25) is 4.79 Å². The van der Waals surface area contributed by atoms with Crippen molar-refractivity contribution in [3.63, 3.8) is 0 Å². The third kappa shape index (κ3) is 3.52. The summed E-state index contributed by atoms with van der Waals surface area (Å²) in [6.07, 6.45) is -2.81. The van der Waals surface area contributed by atoms with Crippen LogP contribution >= 0.6 is 0 Å². The van der Waals surface area contributed by atoms with E-state index in [1.54, 1.807) is 0 Å². The van der Waals surface area contributed by atoms with Gasteiger partial charge in [-0.25, -0.2) is 0 Å². The molecule has 0 aromatic heterocycles. The maximum Gasteiger partial charge on any atom is 0.321 e. The number of halogens is 2. The highest BCUT2D eigenvalue weighted by Crippen LogP contribution is 2.08. The van der Waals surface area contributed by atoms with E-state index >= 15 is 0 Å². The van der Waals surface area contributed by atoms with Crippen LogP contribution in [0.2, 0.25) is 0 Å². The van der Waals surface area contributed by atoms with Crippen LogP contribution < -0.4 is 0 Å². The lowest BCUT2D eigenvalue weighted by atomic mass is 10.5. The first-order valence-corrected chi connectivity index (χ1v) is 1.90. The van der Waals surface area contributed by atoms with Crippen molar-refractivity contribution in [2.75, 3.05) is 7.11 Å². The van der Waals surface area contributed by atoms with E-state index in [1.165, 1.54) is 0 Å². The summed E-state index contributed by atoms with van der Waals surface area (Å²) in [6, 6.07) is 0. The maximum absolute atomic E-state index is 11.1. The Bertz CT molecular complexity index is 82.1. The molecular weight excluding hydrogens is 118 g/mol. The molecule has 1 radical (unpaired) electrons. The van der Waals surface area contributed by atoms with Crippen molar-refractivity contribution < 1.29 is 18.3 Å². The summed E-state index contributed by atoms with van der Waals surface area (Å²) in [5.41, 5.74) is 0. The zero-order valence-electron chi connectivity index (χ0n) is 4.28. The number of hydrogen-bond donors (Lipinski definition) is 0. The highest BCUT2D eigenvalue weighted by molar-refractivity contribution is 5.70. The lowest BCUT2D eigenvalue weighted by Gasteiger charge is -1.92. The molecule has 0 rings (SSSR count). The van der Waals surface area contributed by atoms with E-state index in [1.807, 2.05) is 0 Å². The predicted molar refractivity (Wildman–Crippen MR) is 22.1 cm³/mol. The molecule has 8 heavy (non-hydrogen) atoms. The van der Waals surface area contributed by atoms with Crippen molar-refractivity contribution in [3.8, 4) is 0 Å². The average molecular weight is 123 g/mol. The molecule has 0 saturated heterocycles. The molecule has 0 heterocycles. The SMILES string of the molecule is COC(=O)C[C](F)F. The van der Waals surface area contributed by atoms with Crippen LogP contribution in [-0.4, -0.2) is 13.1 Å². The van der Waals surface area contributed by atoms with E-state index < -0.39 is 18.8 Å². The fourth-order valence-electron chi connectivity index (χ4n) is 0.181. The van der Waals surface area contributed by atoms with Crippen molar-refractivity contribution in [2.24, 2.45) is 0 Å². The van der Waals surface area contributed by atoms with Gasteiger partial charge in [-0.05, 0) is 0 Å². The van der Waals surface area contributed by atoms with Gasteiger partial charge in [-0.1, -0.05) is 0 Å². The van der Waals surface area contributed by atoms with Gasteiger partial charge in [0.15, 0.2) is 0 Å². The molecule has 0 bridgehead atoms. The Morgan fingerprint density at radius 2 is 2.12 bits per heavy atom. The van der Waals surface area contributed by atoms with Gasteiger partial charge < -0.3 is 4.74 Å². The van der Waals surface area contributed by atoms with Gasteiger partial charge in [0.1, 0.15) is 6.42 Å². The zero-order valence-corrected chi connectivity index (χ0v) is 4.28. The molecule has 4 heteroatoms. The van der Waals surface area contributed by atoms with Crippen molar-refractivity contribution >= 4 is 5.97 Å². The molecule has 0 fully saturated rings. The molecule has 0 spiro atoms. The number of hydrogen-bond acceptors (Lipinski definition) is 2. The minimum Gasteiger partial charge on any atom is -0.469 e. The Balaban J connectivity index is 3.25. The summed E-state index contributed by atoms with van der Waals surface area (Å²) in [5.74, 6) is -0.912. The van der Waals surface area contributed by atoms with Crippen LogP contribution in [0.4, 0.5) is 8.78 Å². The van der Waals surface area contributed by atoms with Gasteiger partial charge in [0.2, 0.25) is 0 Å². The van der Waals surface area contributed by atoms with E-state index in [9.17, 15) is 13.6 Å². The maximum atomic E-state index is 11.1. The van der Waals surface area contributed by atoms with Crippen LogP contribution in [0.25, 0.3) is 0 Å². The third-order valence-corrected chi connectivity index (χ3v) is 0.506. The molecule has 47 valence electrons.